The molecule has 0 bridgehead atoms. The van der Waals surface area contributed by atoms with E-state index in [1.807, 2.05) is 42.5 Å². The number of benzene rings is 3. The van der Waals surface area contributed by atoms with E-state index < -0.39 is 0 Å². The summed E-state index contributed by atoms with van der Waals surface area (Å²) in [6, 6.07) is 22.2. The number of fused-ring (bicyclic) bond motifs is 1. The Hall–Kier alpha value is -3.84. The molecule has 1 amide bonds. The van der Waals surface area contributed by atoms with Crippen LogP contribution in [0, 0.1) is 14.9 Å². The first-order valence-corrected chi connectivity index (χ1v) is 11.0. The second-order valence-electron chi connectivity index (χ2n) is 6.89. The van der Waals surface area contributed by atoms with Crippen molar-refractivity contribution in [2.75, 3.05) is 19.0 Å². The summed E-state index contributed by atoms with van der Waals surface area (Å²) < 4.78 is 17.7. The SMILES string of the molecule is COc1cc(/C=C(\C#N)c2nc3ccccc3o2)cc(I)c1OCC(=O)Nc1ccccc1. The summed E-state index contributed by atoms with van der Waals surface area (Å²) >= 11 is 2.10. The lowest BCUT2D eigenvalue weighted by atomic mass is 10.1. The Kier molecular flexibility index (Phi) is 6.90. The molecule has 0 fully saturated rings. The number of para-hydroxylation sites is 3. The molecule has 1 aromatic heterocycles. The molecular weight excluding hydrogens is 533 g/mol. The minimum atomic E-state index is -0.286. The van der Waals surface area contributed by atoms with Crippen LogP contribution in [0.3, 0.4) is 0 Å². The van der Waals surface area contributed by atoms with Crippen LogP contribution in [0.4, 0.5) is 5.69 Å². The van der Waals surface area contributed by atoms with Gasteiger partial charge in [0.25, 0.3) is 5.91 Å². The van der Waals surface area contributed by atoms with Crippen LogP contribution in [0.5, 0.6) is 11.5 Å². The largest absolute Gasteiger partial charge is 0.493 e. The molecule has 0 aliphatic heterocycles. The number of nitriles is 1. The van der Waals surface area contributed by atoms with E-state index in [0.29, 0.717) is 33.8 Å². The molecule has 3 aromatic carbocycles. The summed E-state index contributed by atoms with van der Waals surface area (Å²) in [5.41, 5.74) is 2.96. The van der Waals surface area contributed by atoms with Crippen molar-refractivity contribution < 1.29 is 18.7 Å². The molecule has 0 spiro atoms. The van der Waals surface area contributed by atoms with Gasteiger partial charge in [-0.05, 0) is 70.6 Å². The topological polar surface area (TPSA) is 97.4 Å². The van der Waals surface area contributed by atoms with Crippen LogP contribution in [0.2, 0.25) is 0 Å². The third-order valence-corrected chi connectivity index (χ3v) is 5.41. The van der Waals surface area contributed by atoms with Gasteiger partial charge in [-0.3, -0.25) is 4.79 Å². The number of rotatable bonds is 7. The second-order valence-corrected chi connectivity index (χ2v) is 8.06. The maximum atomic E-state index is 12.2. The Labute approximate surface area is 203 Å². The molecule has 0 atom stereocenters. The number of allylic oxidation sites excluding steroid dienone is 1. The molecule has 0 radical (unpaired) electrons. The van der Waals surface area contributed by atoms with Crippen LogP contribution < -0.4 is 14.8 Å². The van der Waals surface area contributed by atoms with Crippen LogP contribution in [-0.4, -0.2) is 24.6 Å². The number of carbonyl (C=O) groups is 1. The fourth-order valence-corrected chi connectivity index (χ4v) is 3.90. The highest BCUT2D eigenvalue weighted by molar-refractivity contribution is 14.1. The molecule has 0 aliphatic rings. The zero-order valence-electron chi connectivity index (χ0n) is 17.5. The first kappa shape index (κ1) is 22.4. The summed E-state index contributed by atoms with van der Waals surface area (Å²) in [5, 5.41) is 12.4. The lowest BCUT2D eigenvalue weighted by Gasteiger charge is -2.13. The Morgan fingerprint density at radius 1 is 1.18 bits per heavy atom. The second kappa shape index (κ2) is 10.2. The monoisotopic (exact) mass is 551 g/mol. The van der Waals surface area contributed by atoms with Crippen LogP contribution in [0.25, 0.3) is 22.7 Å². The standard InChI is InChI=1S/C25H18IN3O4/c1-31-22-13-16(11-17(14-27)25-29-20-9-5-6-10-21(20)33-25)12-19(26)24(22)32-15-23(30)28-18-7-3-2-4-8-18/h2-13H,15H2,1H3,(H,28,30)/b17-11+. The van der Waals surface area contributed by atoms with Gasteiger partial charge in [0.1, 0.15) is 17.2 Å². The van der Waals surface area contributed by atoms with Crippen molar-refractivity contribution >= 4 is 56.9 Å². The number of hydrogen-bond donors (Lipinski definition) is 1. The lowest BCUT2D eigenvalue weighted by molar-refractivity contribution is -0.118. The van der Waals surface area contributed by atoms with Crippen molar-refractivity contribution in [3.8, 4) is 17.6 Å². The van der Waals surface area contributed by atoms with Crippen LogP contribution in [0.1, 0.15) is 11.5 Å². The van der Waals surface area contributed by atoms with Crippen LogP contribution in [0.15, 0.2) is 71.1 Å². The van der Waals surface area contributed by atoms with Crippen molar-refractivity contribution in [1.29, 1.82) is 5.26 Å². The number of aromatic nitrogens is 1. The highest BCUT2D eigenvalue weighted by atomic mass is 127. The van der Waals surface area contributed by atoms with Crippen molar-refractivity contribution in [1.82, 2.24) is 4.98 Å². The maximum absolute atomic E-state index is 12.2. The smallest absolute Gasteiger partial charge is 0.262 e. The van der Waals surface area contributed by atoms with Crippen molar-refractivity contribution in [2.45, 2.75) is 0 Å². The van der Waals surface area contributed by atoms with E-state index in [2.05, 4.69) is 39.0 Å². The van der Waals surface area contributed by atoms with Gasteiger partial charge < -0.3 is 19.2 Å². The van der Waals surface area contributed by atoms with Gasteiger partial charge in [-0.25, -0.2) is 4.98 Å². The number of nitrogens with one attached hydrogen (secondary N) is 1. The highest BCUT2D eigenvalue weighted by Crippen LogP contribution is 2.35. The molecule has 0 unspecified atom stereocenters. The number of methoxy groups -OCH3 is 1. The van der Waals surface area contributed by atoms with Gasteiger partial charge in [-0.2, -0.15) is 5.26 Å². The zero-order chi connectivity index (χ0) is 23.2. The molecule has 7 nitrogen and oxygen atoms in total. The predicted octanol–water partition coefficient (Wildman–Crippen LogP) is 5.52. The number of halogens is 1. The first-order chi connectivity index (χ1) is 16.1. The Morgan fingerprint density at radius 3 is 2.67 bits per heavy atom. The normalized spacial score (nSPS) is 11.1. The van der Waals surface area contributed by atoms with Gasteiger partial charge in [-0.15, -0.1) is 0 Å². The molecule has 1 N–H and O–H groups in total. The van der Waals surface area contributed by atoms with Crippen LogP contribution >= 0.6 is 22.6 Å². The predicted molar refractivity (Wildman–Crippen MR) is 134 cm³/mol. The number of carbonyl (C=O) groups excluding carboxylic acids is 1. The van der Waals surface area contributed by atoms with Gasteiger partial charge >= 0.3 is 0 Å². The summed E-state index contributed by atoms with van der Waals surface area (Å²) in [6.07, 6.45) is 1.67. The van der Waals surface area contributed by atoms with E-state index >= 15 is 0 Å². The van der Waals surface area contributed by atoms with Gasteiger partial charge in [0, 0.05) is 5.69 Å². The van der Waals surface area contributed by atoms with Crippen molar-refractivity contribution in [3.63, 3.8) is 0 Å². The molecule has 164 valence electrons. The molecule has 1 heterocycles. The Morgan fingerprint density at radius 2 is 1.94 bits per heavy atom. The zero-order valence-corrected chi connectivity index (χ0v) is 19.7. The molecule has 33 heavy (non-hydrogen) atoms. The van der Waals surface area contributed by atoms with Gasteiger partial charge in [0.2, 0.25) is 5.89 Å². The fourth-order valence-electron chi connectivity index (χ4n) is 3.12. The number of hydrogen-bond acceptors (Lipinski definition) is 6. The van der Waals surface area contributed by atoms with Gasteiger partial charge in [-0.1, -0.05) is 30.3 Å². The van der Waals surface area contributed by atoms with E-state index in [9.17, 15) is 10.1 Å². The quantitative estimate of drug-likeness (QED) is 0.240. The van der Waals surface area contributed by atoms with E-state index in [4.69, 9.17) is 13.9 Å². The molecule has 4 rings (SSSR count). The third-order valence-electron chi connectivity index (χ3n) is 4.61. The highest BCUT2D eigenvalue weighted by Gasteiger charge is 2.15. The number of amides is 1. The Bertz CT molecular complexity index is 1340. The lowest BCUT2D eigenvalue weighted by Crippen LogP contribution is -2.20. The maximum Gasteiger partial charge on any atom is 0.262 e. The van der Waals surface area contributed by atoms with Crippen molar-refractivity contribution in [3.05, 3.63) is 81.8 Å². The van der Waals surface area contributed by atoms with E-state index in [1.165, 1.54) is 7.11 Å². The molecule has 0 saturated heterocycles. The molecular formula is C25H18IN3O4. The van der Waals surface area contributed by atoms with Crippen LogP contribution in [-0.2, 0) is 4.79 Å². The number of ether oxygens (including phenoxy) is 2. The number of oxazole rings is 1. The summed E-state index contributed by atoms with van der Waals surface area (Å²) in [6.45, 7) is -0.178. The van der Waals surface area contributed by atoms with Gasteiger partial charge in [0.15, 0.2) is 23.7 Å². The number of anilines is 1. The molecule has 0 saturated carbocycles. The molecule has 0 aliphatic carbocycles. The minimum absolute atomic E-state index is 0.178. The summed E-state index contributed by atoms with van der Waals surface area (Å²) in [4.78, 5) is 16.6. The van der Waals surface area contributed by atoms with Gasteiger partial charge in [0.05, 0.1) is 10.7 Å². The average Bonchev–Trinajstić information content (AvgIpc) is 3.26. The molecule has 4 aromatic rings. The minimum Gasteiger partial charge on any atom is -0.493 e. The average molecular weight is 551 g/mol. The summed E-state index contributed by atoms with van der Waals surface area (Å²) in [5.74, 6) is 0.839. The summed E-state index contributed by atoms with van der Waals surface area (Å²) in [7, 11) is 1.52. The number of nitrogens with zero attached hydrogens (tertiary/aromatic N) is 2. The molecule has 8 heteroatoms. The third kappa shape index (κ3) is 5.32. The Balaban J connectivity index is 1.55. The van der Waals surface area contributed by atoms with Crippen molar-refractivity contribution in [2.24, 2.45) is 0 Å². The van der Waals surface area contributed by atoms with E-state index in [0.717, 1.165) is 3.57 Å². The first-order valence-electron chi connectivity index (χ1n) is 9.90. The van der Waals surface area contributed by atoms with E-state index in [-0.39, 0.29) is 24.0 Å². The fraction of sp³-hybridized carbons (Fsp3) is 0.0800. The van der Waals surface area contributed by atoms with E-state index in [1.54, 1.807) is 30.3 Å².